The Balaban J connectivity index is 2.07. The summed E-state index contributed by atoms with van der Waals surface area (Å²) in [6.45, 7) is 1.14. The third-order valence-corrected chi connectivity index (χ3v) is 3.24. The van der Waals surface area contributed by atoms with Crippen molar-refractivity contribution >= 4 is 5.91 Å². The Hall–Kier alpha value is -0.610. The lowest BCUT2D eigenvalue weighted by Gasteiger charge is -2.27. The van der Waals surface area contributed by atoms with Crippen LogP contribution in [0.25, 0.3) is 0 Å². The van der Waals surface area contributed by atoms with Crippen molar-refractivity contribution in [3.05, 3.63) is 0 Å². The van der Waals surface area contributed by atoms with E-state index in [1.165, 1.54) is 6.42 Å². The van der Waals surface area contributed by atoms with Crippen molar-refractivity contribution in [2.45, 2.75) is 44.6 Å². The molecule has 0 spiro atoms. The summed E-state index contributed by atoms with van der Waals surface area (Å²) in [5.74, 6) is 0.406. The van der Waals surface area contributed by atoms with Crippen molar-refractivity contribution in [3.63, 3.8) is 0 Å². The van der Waals surface area contributed by atoms with E-state index >= 15 is 0 Å². The number of nitrogens with one attached hydrogen (secondary N) is 1. The van der Waals surface area contributed by atoms with Gasteiger partial charge in [0.1, 0.15) is 0 Å². The summed E-state index contributed by atoms with van der Waals surface area (Å²) in [4.78, 5) is 11.3. The van der Waals surface area contributed by atoms with Crippen LogP contribution in [0.2, 0.25) is 0 Å². The minimum atomic E-state index is -0.162. The molecule has 1 saturated carbocycles. The Labute approximate surface area is 97.4 Å². The van der Waals surface area contributed by atoms with Crippen LogP contribution in [0.4, 0.5) is 0 Å². The summed E-state index contributed by atoms with van der Waals surface area (Å²) >= 11 is 0. The normalized spacial score (nSPS) is 25.4. The predicted octanol–water partition coefficient (Wildman–Crippen LogP) is 1.08. The van der Waals surface area contributed by atoms with E-state index in [0.717, 1.165) is 25.7 Å². The van der Waals surface area contributed by atoms with Gasteiger partial charge in [0.2, 0.25) is 5.91 Å². The molecule has 4 nitrogen and oxygen atoms in total. The summed E-state index contributed by atoms with van der Waals surface area (Å²) in [7, 11) is 1.59. The fraction of sp³-hybridized carbons (Fsp3) is 0.917. The molecule has 0 bridgehead atoms. The number of ether oxygens (including phenoxy) is 1. The van der Waals surface area contributed by atoms with Gasteiger partial charge in [-0.25, -0.2) is 0 Å². The van der Waals surface area contributed by atoms with Crippen molar-refractivity contribution in [2.24, 2.45) is 5.92 Å². The van der Waals surface area contributed by atoms with E-state index in [2.05, 4.69) is 5.32 Å². The van der Waals surface area contributed by atoms with Crippen molar-refractivity contribution in [1.82, 2.24) is 5.32 Å². The molecule has 0 aromatic heterocycles. The van der Waals surface area contributed by atoms with Gasteiger partial charge in [0.05, 0.1) is 12.7 Å². The van der Waals surface area contributed by atoms with Gasteiger partial charge >= 0.3 is 0 Å². The van der Waals surface area contributed by atoms with Crippen molar-refractivity contribution < 1.29 is 14.6 Å². The molecule has 1 fully saturated rings. The molecule has 1 aliphatic carbocycles. The van der Waals surface area contributed by atoms with Crippen molar-refractivity contribution in [2.75, 3.05) is 20.3 Å². The third-order valence-electron chi connectivity index (χ3n) is 3.24. The summed E-state index contributed by atoms with van der Waals surface area (Å²) < 4.78 is 4.83. The Morgan fingerprint density at radius 2 is 2.19 bits per heavy atom. The maximum Gasteiger partial charge on any atom is 0.222 e. The molecule has 4 heteroatoms. The smallest absolute Gasteiger partial charge is 0.222 e. The van der Waals surface area contributed by atoms with Gasteiger partial charge in [-0.3, -0.25) is 4.79 Å². The molecule has 1 aliphatic rings. The molecule has 0 saturated heterocycles. The highest BCUT2D eigenvalue weighted by atomic mass is 16.5. The molecule has 2 N–H and O–H groups in total. The number of aliphatic hydroxyl groups is 1. The molecule has 0 aromatic rings. The zero-order chi connectivity index (χ0) is 11.8. The molecule has 0 radical (unpaired) electrons. The first-order valence-electron chi connectivity index (χ1n) is 6.17. The van der Waals surface area contributed by atoms with Gasteiger partial charge in [-0.1, -0.05) is 12.8 Å². The van der Waals surface area contributed by atoms with Crippen LogP contribution in [0, 0.1) is 5.92 Å². The molecule has 16 heavy (non-hydrogen) atoms. The highest BCUT2D eigenvalue weighted by Crippen LogP contribution is 2.26. The van der Waals surface area contributed by atoms with Gasteiger partial charge < -0.3 is 15.2 Å². The average molecular weight is 229 g/mol. The van der Waals surface area contributed by atoms with Crippen molar-refractivity contribution in [1.29, 1.82) is 0 Å². The second kappa shape index (κ2) is 7.63. The molecule has 1 rings (SSSR count). The number of carbonyl (C=O) groups excluding carboxylic acids is 1. The van der Waals surface area contributed by atoms with Crippen LogP contribution in [-0.4, -0.2) is 37.4 Å². The van der Waals surface area contributed by atoms with Gasteiger partial charge in [0.15, 0.2) is 0 Å². The highest BCUT2D eigenvalue weighted by Gasteiger charge is 2.22. The SMILES string of the molecule is COCCC(=O)NCCC1CCCCC1O. The van der Waals surface area contributed by atoms with Gasteiger partial charge in [0, 0.05) is 20.1 Å². The predicted molar refractivity (Wildman–Crippen MR) is 62.1 cm³/mol. The highest BCUT2D eigenvalue weighted by molar-refractivity contribution is 5.75. The van der Waals surface area contributed by atoms with Crippen LogP contribution in [0.3, 0.4) is 0 Å². The number of hydrogen-bond acceptors (Lipinski definition) is 3. The quantitative estimate of drug-likeness (QED) is 0.716. The maximum absolute atomic E-state index is 11.3. The fourth-order valence-electron chi connectivity index (χ4n) is 2.20. The fourth-order valence-corrected chi connectivity index (χ4v) is 2.20. The molecule has 0 aromatic carbocycles. The first kappa shape index (κ1) is 13.5. The lowest BCUT2D eigenvalue weighted by atomic mass is 9.84. The Bertz CT molecular complexity index is 208. The van der Waals surface area contributed by atoms with Crippen LogP contribution in [0.5, 0.6) is 0 Å². The molecule has 0 heterocycles. The number of amides is 1. The van der Waals surface area contributed by atoms with Crippen LogP contribution in [-0.2, 0) is 9.53 Å². The Morgan fingerprint density at radius 1 is 1.44 bits per heavy atom. The summed E-state index contributed by atoms with van der Waals surface area (Å²) in [6, 6.07) is 0. The lowest BCUT2D eigenvalue weighted by molar-refractivity contribution is -0.122. The number of methoxy groups -OCH3 is 1. The average Bonchev–Trinajstić information content (AvgIpc) is 2.29. The molecule has 94 valence electrons. The summed E-state index contributed by atoms with van der Waals surface area (Å²) in [5.41, 5.74) is 0. The second-order valence-corrected chi connectivity index (χ2v) is 4.49. The summed E-state index contributed by atoms with van der Waals surface area (Å²) in [6.07, 6.45) is 5.50. The van der Waals surface area contributed by atoms with E-state index in [1.54, 1.807) is 7.11 Å². The van der Waals surface area contributed by atoms with Gasteiger partial charge in [0.25, 0.3) is 0 Å². The molecular formula is C12H23NO3. The van der Waals surface area contributed by atoms with Gasteiger partial charge in [-0.2, -0.15) is 0 Å². The van der Waals surface area contributed by atoms with E-state index in [4.69, 9.17) is 4.74 Å². The van der Waals surface area contributed by atoms with E-state index < -0.39 is 0 Å². The zero-order valence-corrected chi connectivity index (χ0v) is 10.1. The number of aliphatic hydroxyl groups excluding tert-OH is 1. The lowest BCUT2D eigenvalue weighted by Crippen LogP contribution is -2.31. The largest absolute Gasteiger partial charge is 0.393 e. The minimum absolute atomic E-state index is 0.0344. The van der Waals surface area contributed by atoms with Crippen LogP contribution in [0.1, 0.15) is 38.5 Å². The maximum atomic E-state index is 11.3. The van der Waals surface area contributed by atoms with E-state index in [1.807, 2.05) is 0 Å². The third kappa shape index (κ3) is 4.94. The molecule has 2 atom stereocenters. The van der Waals surface area contributed by atoms with E-state index in [-0.39, 0.29) is 12.0 Å². The first-order chi connectivity index (χ1) is 7.74. The molecule has 1 amide bonds. The summed E-state index contributed by atoms with van der Waals surface area (Å²) in [5, 5.41) is 12.6. The molecular weight excluding hydrogens is 206 g/mol. The molecule has 2 unspecified atom stereocenters. The monoisotopic (exact) mass is 229 g/mol. The standard InChI is InChI=1S/C12H23NO3/c1-16-9-7-12(15)13-8-6-10-4-2-3-5-11(10)14/h10-11,14H,2-9H2,1H3,(H,13,15). The first-order valence-corrected chi connectivity index (χ1v) is 6.17. The molecule has 0 aliphatic heterocycles. The van der Waals surface area contributed by atoms with Crippen LogP contribution < -0.4 is 5.32 Å². The van der Waals surface area contributed by atoms with Gasteiger partial charge in [-0.15, -0.1) is 0 Å². The number of carbonyl (C=O) groups is 1. The van der Waals surface area contributed by atoms with E-state index in [0.29, 0.717) is 25.5 Å². The Kier molecular flexibility index (Phi) is 6.42. The topological polar surface area (TPSA) is 58.6 Å². The zero-order valence-electron chi connectivity index (χ0n) is 10.1. The number of rotatable bonds is 6. The van der Waals surface area contributed by atoms with Crippen LogP contribution in [0.15, 0.2) is 0 Å². The second-order valence-electron chi connectivity index (χ2n) is 4.49. The van der Waals surface area contributed by atoms with Crippen molar-refractivity contribution in [3.8, 4) is 0 Å². The van der Waals surface area contributed by atoms with Gasteiger partial charge in [-0.05, 0) is 25.2 Å². The van der Waals surface area contributed by atoms with E-state index in [9.17, 15) is 9.90 Å². The number of hydrogen-bond donors (Lipinski definition) is 2. The Morgan fingerprint density at radius 3 is 2.88 bits per heavy atom. The minimum Gasteiger partial charge on any atom is -0.393 e. The van der Waals surface area contributed by atoms with Crippen LogP contribution >= 0.6 is 0 Å².